The second-order valence-electron chi connectivity index (χ2n) is 7.32. The third kappa shape index (κ3) is 4.55. The second kappa shape index (κ2) is 8.99. The zero-order valence-electron chi connectivity index (χ0n) is 16.3. The molecule has 2 aromatic carbocycles. The summed E-state index contributed by atoms with van der Waals surface area (Å²) >= 11 is 7.41. The van der Waals surface area contributed by atoms with Crippen LogP contribution in [-0.2, 0) is 9.59 Å². The number of anilines is 2. The summed E-state index contributed by atoms with van der Waals surface area (Å²) in [6.07, 6.45) is 1.03. The third-order valence-corrected chi connectivity index (χ3v) is 6.84. The van der Waals surface area contributed by atoms with E-state index in [0.717, 1.165) is 30.1 Å². The molecule has 4 rings (SSSR count). The fraction of sp³-hybridized carbons (Fsp3) is 0.318. The van der Waals surface area contributed by atoms with Gasteiger partial charge < -0.3 is 15.1 Å². The molecular weight excluding hydrogens is 420 g/mol. The SMILES string of the molecule is N#Cc1ccc(N2CCCN(C(=O)CC3Sc4ccc(Cl)cc4NC3=O)CC2)cc1. The largest absolute Gasteiger partial charge is 0.370 e. The predicted octanol–water partition coefficient (Wildman–Crippen LogP) is 3.75. The number of amides is 2. The van der Waals surface area contributed by atoms with Gasteiger partial charge in [-0.15, -0.1) is 11.8 Å². The van der Waals surface area contributed by atoms with Crippen LogP contribution in [0.1, 0.15) is 18.4 Å². The number of nitriles is 1. The van der Waals surface area contributed by atoms with Crippen molar-refractivity contribution in [1.82, 2.24) is 4.90 Å². The van der Waals surface area contributed by atoms with Gasteiger partial charge in [-0.25, -0.2) is 0 Å². The highest BCUT2D eigenvalue weighted by molar-refractivity contribution is 8.01. The van der Waals surface area contributed by atoms with Crippen LogP contribution in [-0.4, -0.2) is 48.1 Å². The average molecular weight is 441 g/mol. The van der Waals surface area contributed by atoms with Gasteiger partial charge in [0.05, 0.1) is 22.6 Å². The van der Waals surface area contributed by atoms with Crippen LogP contribution in [0.25, 0.3) is 0 Å². The van der Waals surface area contributed by atoms with Gasteiger partial charge in [-0.3, -0.25) is 9.59 Å². The van der Waals surface area contributed by atoms with E-state index in [4.69, 9.17) is 16.9 Å². The highest BCUT2D eigenvalue weighted by Gasteiger charge is 2.31. The van der Waals surface area contributed by atoms with E-state index < -0.39 is 5.25 Å². The summed E-state index contributed by atoms with van der Waals surface area (Å²) < 4.78 is 0. The van der Waals surface area contributed by atoms with Crippen LogP contribution < -0.4 is 10.2 Å². The molecule has 0 radical (unpaired) electrons. The van der Waals surface area contributed by atoms with Gasteiger partial charge in [0.15, 0.2) is 0 Å². The van der Waals surface area contributed by atoms with Crippen LogP contribution in [0.15, 0.2) is 47.4 Å². The topological polar surface area (TPSA) is 76.4 Å². The van der Waals surface area contributed by atoms with E-state index in [2.05, 4.69) is 16.3 Å². The van der Waals surface area contributed by atoms with Gasteiger partial charge in [-0.2, -0.15) is 5.26 Å². The predicted molar refractivity (Wildman–Crippen MR) is 119 cm³/mol. The monoisotopic (exact) mass is 440 g/mol. The minimum atomic E-state index is -0.441. The first-order chi connectivity index (χ1) is 14.5. The summed E-state index contributed by atoms with van der Waals surface area (Å²) in [4.78, 5) is 30.4. The molecule has 1 unspecified atom stereocenters. The Kier molecular flexibility index (Phi) is 6.16. The van der Waals surface area contributed by atoms with E-state index in [0.29, 0.717) is 29.4 Å². The molecule has 2 aromatic rings. The quantitative estimate of drug-likeness (QED) is 0.786. The maximum Gasteiger partial charge on any atom is 0.238 e. The minimum Gasteiger partial charge on any atom is -0.370 e. The third-order valence-electron chi connectivity index (χ3n) is 5.33. The van der Waals surface area contributed by atoms with Gasteiger partial charge in [-0.05, 0) is 48.9 Å². The van der Waals surface area contributed by atoms with Crippen molar-refractivity contribution < 1.29 is 9.59 Å². The molecule has 1 fully saturated rings. The molecule has 2 heterocycles. The molecule has 0 aliphatic carbocycles. The van der Waals surface area contributed by atoms with Crippen LogP contribution in [0.4, 0.5) is 11.4 Å². The molecule has 6 nitrogen and oxygen atoms in total. The molecule has 0 bridgehead atoms. The summed E-state index contributed by atoms with van der Waals surface area (Å²) in [5.74, 6) is -0.154. The Morgan fingerprint density at radius 3 is 2.73 bits per heavy atom. The lowest BCUT2D eigenvalue weighted by atomic mass is 10.2. The summed E-state index contributed by atoms with van der Waals surface area (Å²) in [5.41, 5.74) is 2.40. The van der Waals surface area contributed by atoms with Crippen LogP contribution in [0.2, 0.25) is 5.02 Å². The molecule has 2 aliphatic rings. The van der Waals surface area contributed by atoms with Crippen LogP contribution in [0, 0.1) is 11.3 Å². The summed E-state index contributed by atoms with van der Waals surface area (Å²) in [7, 11) is 0. The molecule has 2 aliphatic heterocycles. The maximum absolute atomic E-state index is 12.9. The zero-order valence-corrected chi connectivity index (χ0v) is 17.9. The van der Waals surface area contributed by atoms with Gasteiger partial charge in [0.25, 0.3) is 0 Å². The maximum atomic E-state index is 12.9. The lowest BCUT2D eigenvalue weighted by molar-refractivity contribution is -0.132. The first-order valence-corrected chi connectivity index (χ1v) is 11.1. The highest BCUT2D eigenvalue weighted by atomic mass is 35.5. The van der Waals surface area contributed by atoms with Crippen molar-refractivity contribution in [2.75, 3.05) is 36.4 Å². The molecule has 1 atom stereocenters. The number of nitrogens with one attached hydrogen (secondary N) is 1. The summed E-state index contributed by atoms with van der Waals surface area (Å²) in [5, 5.41) is 11.9. The highest BCUT2D eigenvalue weighted by Crippen LogP contribution is 2.38. The van der Waals surface area contributed by atoms with Crippen LogP contribution >= 0.6 is 23.4 Å². The molecule has 0 aromatic heterocycles. The number of benzene rings is 2. The normalized spacial score (nSPS) is 18.8. The molecule has 0 saturated carbocycles. The molecule has 2 amide bonds. The van der Waals surface area contributed by atoms with Crippen molar-refractivity contribution in [2.24, 2.45) is 0 Å². The second-order valence-corrected chi connectivity index (χ2v) is 9.00. The van der Waals surface area contributed by atoms with Crippen molar-refractivity contribution in [2.45, 2.75) is 23.0 Å². The van der Waals surface area contributed by atoms with Crippen LogP contribution in [0.3, 0.4) is 0 Å². The van der Waals surface area contributed by atoms with Gasteiger partial charge in [0.1, 0.15) is 0 Å². The molecule has 154 valence electrons. The Hall–Kier alpha value is -2.69. The number of nitrogens with zero attached hydrogens (tertiary/aromatic N) is 3. The Morgan fingerprint density at radius 2 is 1.97 bits per heavy atom. The van der Waals surface area contributed by atoms with Crippen molar-refractivity contribution >= 4 is 46.6 Å². The smallest absolute Gasteiger partial charge is 0.238 e. The van der Waals surface area contributed by atoms with Gasteiger partial charge >= 0.3 is 0 Å². The van der Waals surface area contributed by atoms with Crippen molar-refractivity contribution in [3.05, 3.63) is 53.1 Å². The summed E-state index contributed by atoms with van der Waals surface area (Å²) in [6, 6.07) is 15.0. The average Bonchev–Trinajstić information content (AvgIpc) is 3.01. The first-order valence-electron chi connectivity index (χ1n) is 9.83. The molecule has 1 saturated heterocycles. The molecule has 1 N–H and O–H groups in total. The number of thioether (sulfide) groups is 1. The van der Waals surface area contributed by atoms with E-state index in [1.807, 2.05) is 35.2 Å². The Balaban J connectivity index is 1.36. The zero-order chi connectivity index (χ0) is 21.1. The minimum absolute atomic E-state index is 0.00161. The molecule has 30 heavy (non-hydrogen) atoms. The van der Waals surface area contributed by atoms with E-state index in [1.54, 1.807) is 12.1 Å². The number of hydrogen-bond acceptors (Lipinski definition) is 5. The van der Waals surface area contributed by atoms with E-state index >= 15 is 0 Å². The van der Waals surface area contributed by atoms with E-state index in [1.165, 1.54) is 11.8 Å². The fourth-order valence-electron chi connectivity index (χ4n) is 3.72. The first kappa shape index (κ1) is 20.6. The van der Waals surface area contributed by atoms with Crippen molar-refractivity contribution in [3.8, 4) is 6.07 Å². The number of hydrogen-bond donors (Lipinski definition) is 1. The van der Waals surface area contributed by atoms with Gasteiger partial charge in [0, 0.05) is 48.2 Å². The van der Waals surface area contributed by atoms with Gasteiger partial charge in [0.2, 0.25) is 11.8 Å². The molecule has 0 spiro atoms. The Morgan fingerprint density at radius 1 is 1.17 bits per heavy atom. The number of carbonyl (C=O) groups excluding carboxylic acids is 2. The molecule has 8 heteroatoms. The molecular formula is C22H21ClN4O2S. The number of fused-ring (bicyclic) bond motifs is 1. The van der Waals surface area contributed by atoms with Gasteiger partial charge in [-0.1, -0.05) is 11.6 Å². The standard InChI is InChI=1S/C22H21ClN4O2S/c23-16-4-7-19-18(12-16)25-22(29)20(30-19)13-21(28)27-9-1-8-26(10-11-27)17-5-2-15(14-24)3-6-17/h2-7,12,20H,1,8-11,13H2,(H,25,29). The summed E-state index contributed by atoms with van der Waals surface area (Å²) in [6.45, 7) is 2.87. The number of carbonyl (C=O) groups is 2. The van der Waals surface area contributed by atoms with Crippen molar-refractivity contribution in [1.29, 1.82) is 5.26 Å². The lowest BCUT2D eigenvalue weighted by Crippen LogP contribution is -2.39. The fourth-order valence-corrected chi connectivity index (χ4v) is 4.97. The lowest BCUT2D eigenvalue weighted by Gasteiger charge is -2.27. The Labute approximate surface area is 184 Å². The number of halogens is 1. The van der Waals surface area contributed by atoms with E-state index in [9.17, 15) is 9.59 Å². The van der Waals surface area contributed by atoms with E-state index in [-0.39, 0.29) is 18.2 Å². The van der Waals surface area contributed by atoms with Crippen LogP contribution in [0.5, 0.6) is 0 Å². The number of rotatable bonds is 3. The van der Waals surface area contributed by atoms with Crippen molar-refractivity contribution in [3.63, 3.8) is 0 Å². The Bertz CT molecular complexity index is 1010.